The van der Waals surface area contributed by atoms with E-state index in [4.69, 9.17) is 0 Å². The van der Waals surface area contributed by atoms with Gasteiger partial charge in [-0.05, 0) is 25.0 Å². The molecule has 1 N–H and O–H groups in total. The van der Waals surface area contributed by atoms with Gasteiger partial charge in [0.15, 0.2) is 0 Å². The highest BCUT2D eigenvalue weighted by Gasteiger charge is 2.55. The first-order valence-electron chi connectivity index (χ1n) is 8.85. The van der Waals surface area contributed by atoms with E-state index in [1.807, 2.05) is 24.2 Å². The number of hydrogen-bond donors (Lipinski definition) is 1. The molecule has 1 amide bonds. The third-order valence-corrected chi connectivity index (χ3v) is 5.82. The Balaban J connectivity index is 1.23. The first-order chi connectivity index (χ1) is 12.5. The molecule has 2 fully saturated rings. The summed E-state index contributed by atoms with van der Waals surface area (Å²) in [6, 6.07) is 4.25. The summed E-state index contributed by atoms with van der Waals surface area (Å²) in [4.78, 5) is 28.5. The fourth-order valence-corrected chi connectivity index (χ4v) is 4.38. The molecule has 0 bridgehead atoms. The van der Waals surface area contributed by atoms with Gasteiger partial charge in [-0.2, -0.15) is 5.10 Å². The molecule has 1 saturated heterocycles. The van der Waals surface area contributed by atoms with E-state index in [9.17, 15) is 4.79 Å². The molecule has 1 aliphatic carbocycles. The number of hydrogen-bond acceptors (Lipinski definition) is 5. The Labute approximate surface area is 150 Å². The minimum Gasteiger partial charge on any atom is -0.356 e. The number of carbonyl (C=O) groups excluding carboxylic acids is 1. The molecule has 8 nitrogen and oxygen atoms in total. The molecule has 1 aliphatic heterocycles. The minimum absolute atomic E-state index is 0.0397. The molecule has 1 spiro atoms. The number of rotatable bonds is 3. The average molecular weight is 351 g/mol. The first kappa shape index (κ1) is 15.4. The molecule has 5 rings (SSSR count). The minimum atomic E-state index is 0.0397. The number of anilines is 1. The smallest absolute Gasteiger partial charge is 0.274 e. The van der Waals surface area contributed by atoms with Crippen molar-refractivity contribution in [3.8, 4) is 0 Å². The molecule has 8 heteroatoms. The fraction of sp³-hybridized carbons (Fsp3) is 0.444. The van der Waals surface area contributed by atoms with Crippen LogP contribution >= 0.6 is 0 Å². The van der Waals surface area contributed by atoms with Crippen LogP contribution in [0.15, 0.2) is 30.9 Å². The van der Waals surface area contributed by atoms with Crippen LogP contribution in [0.4, 0.5) is 5.82 Å². The third kappa shape index (κ3) is 2.21. The van der Waals surface area contributed by atoms with Crippen molar-refractivity contribution in [2.45, 2.75) is 18.9 Å². The maximum absolute atomic E-state index is 12.4. The highest BCUT2D eigenvalue weighted by atomic mass is 16.2. The number of nitrogens with zero attached hydrogens (tertiary/aromatic N) is 6. The molecule has 0 radical (unpaired) electrons. The van der Waals surface area contributed by atoms with E-state index in [0.29, 0.717) is 11.7 Å². The van der Waals surface area contributed by atoms with Crippen molar-refractivity contribution >= 4 is 22.8 Å². The second-order valence-corrected chi connectivity index (χ2v) is 7.65. The molecule has 3 aromatic heterocycles. The number of likely N-dealkylation sites (tertiary alicyclic amines) is 1. The Morgan fingerprint density at radius 3 is 2.85 bits per heavy atom. The van der Waals surface area contributed by atoms with Crippen LogP contribution in [0.5, 0.6) is 0 Å². The van der Waals surface area contributed by atoms with E-state index < -0.39 is 0 Å². The van der Waals surface area contributed by atoms with Gasteiger partial charge in [0, 0.05) is 51.0 Å². The van der Waals surface area contributed by atoms with Crippen LogP contribution in [0.2, 0.25) is 0 Å². The lowest BCUT2D eigenvalue weighted by Gasteiger charge is -2.60. The first-order valence-corrected chi connectivity index (χ1v) is 8.85. The van der Waals surface area contributed by atoms with Gasteiger partial charge in [-0.1, -0.05) is 0 Å². The molecular formula is C18H21N7O. The van der Waals surface area contributed by atoms with Gasteiger partial charge in [0.25, 0.3) is 5.91 Å². The van der Waals surface area contributed by atoms with Crippen LogP contribution in [-0.4, -0.2) is 61.7 Å². The molecule has 0 atom stereocenters. The standard InChI is InChI=1S/C18H21N7O/c1-23-6-4-14(22-23)17(26)25-9-18(10-25)7-12(8-18)24(2)16-13-3-5-19-15(13)20-11-21-16/h3-6,11-12H,7-10H2,1-2H3,(H,19,20,21). The van der Waals surface area contributed by atoms with Crippen LogP contribution in [0.1, 0.15) is 23.3 Å². The number of aromatic nitrogens is 5. The number of nitrogens with one attached hydrogen (secondary N) is 1. The third-order valence-electron chi connectivity index (χ3n) is 5.82. The molecule has 134 valence electrons. The average Bonchev–Trinajstić information content (AvgIpc) is 3.19. The van der Waals surface area contributed by atoms with E-state index in [-0.39, 0.29) is 11.3 Å². The molecule has 0 unspecified atom stereocenters. The normalized spacial score (nSPS) is 18.8. The van der Waals surface area contributed by atoms with E-state index >= 15 is 0 Å². The SMILES string of the molecule is CN(c1ncnc2[nH]ccc12)C1CC2(C1)CN(C(=O)c1ccn(C)n1)C2. The molecule has 26 heavy (non-hydrogen) atoms. The lowest BCUT2D eigenvalue weighted by molar-refractivity contribution is -0.0543. The van der Waals surface area contributed by atoms with Crippen molar-refractivity contribution in [1.82, 2.24) is 29.6 Å². The largest absolute Gasteiger partial charge is 0.356 e. The Kier molecular flexibility index (Phi) is 3.13. The van der Waals surface area contributed by atoms with E-state index in [1.54, 1.807) is 23.3 Å². The lowest BCUT2D eigenvalue weighted by Crippen LogP contribution is -2.67. The van der Waals surface area contributed by atoms with Crippen LogP contribution in [0.3, 0.4) is 0 Å². The molecule has 3 aromatic rings. The van der Waals surface area contributed by atoms with Crippen molar-refractivity contribution in [2.24, 2.45) is 12.5 Å². The number of fused-ring (bicyclic) bond motifs is 1. The zero-order valence-electron chi connectivity index (χ0n) is 14.9. The Morgan fingerprint density at radius 1 is 1.31 bits per heavy atom. The van der Waals surface area contributed by atoms with Crippen molar-refractivity contribution < 1.29 is 4.79 Å². The van der Waals surface area contributed by atoms with Gasteiger partial charge in [-0.3, -0.25) is 9.48 Å². The quantitative estimate of drug-likeness (QED) is 0.772. The summed E-state index contributed by atoms with van der Waals surface area (Å²) in [7, 11) is 3.93. The molecule has 2 aliphatic rings. The zero-order valence-corrected chi connectivity index (χ0v) is 14.9. The van der Waals surface area contributed by atoms with Crippen LogP contribution < -0.4 is 4.90 Å². The van der Waals surface area contributed by atoms with E-state index in [1.165, 1.54) is 0 Å². The van der Waals surface area contributed by atoms with E-state index in [2.05, 4.69) is 32.0 Å². The van der Waals surface area contributed by atoms with Crippen molar-refractivity contribution in [1.29, 1.82) is 0 Å². The predicted molar refractivity (Wildman–Crippen MR) is 96.9 cm³/mol. The Hall–Kier alpha value is -2.90. The maximum atomic E-state index is 12.4. The highest BCUT2D eigenvalue weighted by molar-refractivity contribution is 5.93. The molecular weight excluding hydrogens is 330 g/mol. The van der Waals surface area contributed by atoms with Gasteiger partial charge in [0.2, 0.25) is 0 Å². The molecule has 1 saturated carbocycles. The second kappa shape index (κ2) is 5.30. The van der Waals surface area contributed by atoms with Crippen molar-refractivity contribution in [3.63, 3.8) is 0 Å². The summed E-state index contributed by atoms with van der Waals surface area (Å²) in [6.07, 6.45) is 7.49. The number of aryl methyl sites for hydroxylation is 1. The number of carbonyl (C=O) groups is 1. The molecule has 0 aromatic carbocycles. The number of H-pyrrole nitrogens is 1. The van der Waals surface area contributed by atoms with Gasteiger partial charge < -0.3 is 14.8 Å². The zero-order chi connectivity index (χ0) is 17.9. The predicted octanol–water partition coefficient (Wildman–Crippen LogP) is 1.43. The van der Waals surface area contributed by atoms with Gasteiger partial charge in [-0.25, -0.2) is 9.97 Å². The summed E-state index contributed by atoms with van der Waals surface area (Å²) in [5.41, 5.74) is 1.67. The lowest BCUT2D eigenvalue weighted by atomic mass is 9.60. The van der Waals surface area contributed by atoms with Crippen molar-refractivity contribution in [2.75, 3.05) is 25.0 Å². The topological polar surface area (TPSA) is 82.9 Å². The molecule has 4 heterocycles. The highest BCUT2D eigenvalue weighted by Crippen LogP contribution is 2.51. The van der Waals surface area contributed by atoms with Crippen molar-refractivity contribution in [3.05, 3.63) is 36.5 Å². The van der Waals surface area contributed by atoms with E-state index in [0.717, 1.165) is 42.8 Å². The Bertz CT molecular complexity index is 976. The number of amides is 1. The number of aromatic amines is 1. The van der Waals surface area contributed by atoms with Gasteiger partial charge in [0.1, 0.15) is 23.5 Å². The summed E-state index contributed by atoms with van der Waals surface area (Å²) in [6.45, 7) is 1.66. The summed E-state index contributed by atoms with van der Waals surface area (Å²) < 4.78 is 1.67. The maximum Gasteiger partial charge on any atom is 0.274 e. The van der Waals surface area contributed by atoms with Crippen LogP contribution in [-0.2, 0) is 7.05 Å². The Morgan fingerprint density at radius 2 is 2.12 bits per heavy atom. The van der Waals surface area contributed by atoms with Gasteiger partial charge in [0.05, 0.1) is 5.39 Å². The monoisotopic (exact) mass is 351 g/mol. The van der Waals surface area contributed by atoms with Gasteiger partial charge in [-0.15, -0.1) is 0 Å². The summed E-state index contributed by atoms with van der Waals surface area (Å²) >= 11 is 0. The van der Waals surface area contributed by atoms with Crippen LogP contribution in [0, 0.1) is 5.41 Å². The summed E-state index contributed by atoms with van der Waals surface area (Å²) in [5, 5.41) is 5.26. The fourth-order valence-electron chi connectivity index (χ4n) is 4.38. The van der Waals surface area contributed by atoms with Crippen LogP contribution in [0.25, 0.3) is 11.0 Å². The van der Waals surface area contributed by atoms with Gasteiger partial charge >= 0.3 is 0 Å². The summed E-state index contributed by atoms with van der Waals surface area (Å²) in [5.74, 6) is 1.01. The second-order valence-electron chi connectivity index (χ2n) is 7.65.